The molecule has 1 aromatic carbocycles. The van der Waals surface area contributed by atoms with Gasteiger partial charge >= 0.3 is 5.97 Å². The maximum Gasteiger partial charge on any atom is 0.305 e. The fourth-order valence-corrected chi connectivity index (χ4v) is 1.74. The van der Waals surface area contributed by atoms with Crippen LogP contribution in [0.5, 0.6) is 0 Å². The minimum absolute atomic E-state index is 0.0735. The summed E-state index contributed by atoms with van der Waals surface area (Å²) in [6.07, 6.45) is 1.16. The van der Waals surface area contributed by atoms with Gasteiger partial charge in [-0.1, -0.05) is 22.9 Å². The molecular weight excluding hydrogens is 260 g/mol. The first kappa shape index (κ1) is 13.8. The topological polar surface area (TPSA) is 83.6 Å². The van der Waals surface area contributed by atoms with Gasteiger partial charge in [0.2, 0.25) is 0 Å². The first-order valence-electron chi connectivity index (χ1n) is 6.08. The molecule has 1 aromatic heterocycles. The molecule has 0 aliphatic heterocycles. The van der Waals surface area contributed by atoms with Crippen molar-refractivity contribution >= 4 is 17.6 Å². The standard InChI is InChI=1S/C14H14N2O4/c1-10-2-4-11(5-3-10)16(8-6-13(17)18)14(19)12-7-9-20-15-12/h2-5,7,9H,6,8H2,1H3,(H,17,18). The molecule has 0 radical (unpaired) electrons. The lowest BCUT2D eigenvalue weighted by atomic mass is 10.2. The Kier molecular flexibility index (Phi) is 4.14. The molecule has 0 atom stereocenters. The minimum atomic E-state index is -0.963. The van der Waals surface area contributed by atoms with Crippen LogP contribution in [0, 0.1) is 6.92 Å². The predicted molar refractivity (Wildman–Crippen MR) is 71.6 cm³/mol. The number of carboxylic acid groups (broad SMARTS) is 1. The third kappa shape index (κ3) is 3.23. The lowest BCUT2D eigenvalue weighted by molar-refractivity contribution is -0.136. The van der Waals surface area contributed by atoms with E-state index in [0.29, 0.717) is 5.69 Å². The summed E-state index contributed by atoms with van der Waals surface area (Å²) in [4.78, 5) is 24.4. The number of carbonyl (C=O) groups is 2. The maximum atomic E-state index is 12.3. The van der Waals surface area contributed by atoms with Crippen LogP contribution in [0.1, 0.15) is 22.5 Å². The number of hydrogen-bond donors (Lipinski definition) is 1. The Hall–Kier alpha value is -2.63. The third-order valence-corrected chi connectivity index (χ3v) is 2.80. The van der Waals surface area contributed by atoms with Gasteiger partial charge < -0.3 is 14.5 Å². The highest BCUT2D eigenvalue weighted by atomic mass is 16.5. The van der Waals surface area contributed by atoms with E-state index < -0.39 is 5.97 Å². The van der Waals surface area contributed by atoms with E-state index in [9.17, 15) is 9.59 Å². The summed E-state index contributed by atoms with van der Waals surface area (Å²) in [5.74, 6) is -1.35. The van der Waals surface area contributed by atoms with Gasteiger partial charge in [0.25, 0.3) is 5.91 Å². The molecule has 104 valence electrons. The number of carboxylic acids is 1. The van der Waals surface area contributed by atoms with Crippen LogP contribution in [-0.4, -0.2) is 28.7 Å². The Morgan fingerprint density at radius 2 is 1.95 bits per heavy atom. The van der Waals surface area contributed by atoms with E-state index in [2.05, 4.69) is 9.68 Å². The molecule has 6 nitrogen and oxygen atoms in total. The Balaban J connectivity index is 2.26. The Morgan fingerprint density at radius 3 is 2.50 bits per heavy atom. The van der Waals surface area contributed by atoms with Crippen LogP contribution >= 0.6 is 0 Å². The van der Waals surface area contributed by atoms with Crippen molar-refractivity contribution in [2.24, 2.45) is 0 Å². The van der Waals surface area contributed by atoms with Crippen molar-refractivity contribution in [2.75, 3.05) is 11.4 Å². The first-order valence-corrected chi connectivity index (χ1v) is 6.08. The van der Waals surface area contributed by atoms with Gasteiger partial charge in [0, 0.05) is 18.3 Å². The summed E-state index contributed by atoms with van der Waals surface area (Å²) in [5, 5.41) is 12.4. The van der Waals surface area contributed by atoms with Crippen LogP contribution in [0.4, 0.5) is 5.69 Å². The maximum absolute atomic E-state index is 12.3. The number of carbonyl (C=O) groups excluding carboxylic acids is 1. The number of anilines is 1. The van der Waals surface area contributed by atoms with Gasteiger partial charge in [0.1, 0.15) is 6.26 Å². The third-order valence-electron chi connectivity index (χ3n) is 2.80. The lowest BCUT2D eigenvalue weighted by Gasteiger charge is -2.21. The van der Waals surface area contributed by atoms with Crippen molar-refractivity contribution in [3.8, 4) is 0 Å². The van der Waals surface area contributed by atoms with E-state index >= 15 is 0 Å². The van der Waals surface area contributed by atoms with Crippen LogP contribution < -0.4 is 4.90 Å². The Morgan fingerprint density at radius 1 is 1.25 bits per heavy atom. The molecule has 0 unspecified atom stereocenters. The van der Waals surface area contributed by atoms with E-state index in [1.54, 1.807) is 12.1 Å². The molecule has 0 saturated heterocycles. The second kappa shape index (κ2) is 6.01. The fourth-order valence-electron chi connectivity index (χ4n) is 1.74. The Labute approximate surface area is 115 Å². The number of amides is 1. The van der Waals surface area contributed by atoms with E-state index in [1.807, 2.05) is 19.1 Å². The molecule has 0 fully saturated rings. The first-order chi connectivity index (χ1) is 9.58. The molecule has 2 aromatic rings. The smallest absolute Gasteiger partial charge is 0.305 e. The Bertz CT molecular complexity index is 590. The van der Waals surface area contributed by atoms with Gasteiger partial charge in [0.05, 0.1) is 6.42 Å². The van der Waals surface area contributed by atoms with E-state index in [0.717, 1.165) is 5.56 Å². The largest absolute Gasteiger partial charge is 0.481 e. The zero-order valence-electron chi connectivity index (χ0n) is 10.9. The highest BCUT2D eigenvalue weighted by Gasteiger charge is 2.20. The molecule has 0 aliphatic rings. The molecule has 1 heterocycles. The van der Waals surface area contributed by atoms with Gasteiger partial charge in [-0.3, -0.25) is 9.59 Å². The number of aromatic nitrogens is 1. The summed E-state index contributed by atoms with van der Waals surface area (Å²) >= 11 is 0. The number of aryl methyl sites for hydroxylation is 1. The molecule has 0 aliphatic carbocycles. The van der Waals surface area contributed by atoms with Crippen molar-refractivity contribution < 1.29 is 19.2 Å². The number of benzene rings is 1. The summed E-state index contributed by atoms with van der Waals surface area (Å²) in [6, 6.07) is 8.72. The molecule has 2 rings (SSSR count). The second-order valence-corrected chi connectivity index (χ2v) is 4.32. The van der Waals surface area contributed by atoms with Crippen LogP contribution in [-0.2, 0) is 4.79 Å². The molecule has 0 saturated carbocycles. The van der Waals surface area contributed by atoms with Crippen molar-refractivity contribution in [3.05, 3.63) is 47.9 Å². The molecule has 20 heavy (non-hydrogen) atoms. The summed E-state index contributed by atoms with van der Waals surface area (Å²) in [7, 11) is 0. The number of aliphatic carboxylic acids is 1. The molecule has 6 heteroatoms. The van der Waals surface area contributed by atoms with Gasteiger partial charge in [-0.2, -0.15) is 0 Å². The van der Waals surface area contributed by atoms with Gasteiger partial charge in [0.15, 0.2) is 5.69 Å². The van der Waals surface area contributed by atoms with Crippen LogP contribution in [0.15, 0.2) is 41.1 Å². The van der Waals surface area contributed by atoms with Crippen molar-refractivity contribution in [2.45, 2.75) is 13.3 Å². The number of nitrogens with zero attached hydrogens (tertiary/aromatic N) is 2. The monoisotopic (exact) mass is 274 g/mol. The summed E-state index contributed by atoms with van der Waals surface area (Å²) < 4.78 is 4.65. The molecule has 1 N–H and O–H groups in total. The number of rotatable bonds is 5. The molecule has 0 spiro atoms. The van der Waals surface area contributed by atoms with Gasteiger partial charge in [-0.25, -0.2) is 0 Å². The molecule has 1 amide bonds. The second-order valence-electron chi connectivity index (χ2n) is 4.32. The van der Waals surface area contributed by atoms with E-state index in [4.69, 9.17) is 5.11 Å². The lowest BCUT2D eigenvalue weighted by Crippen LogP contribution is -2.33. The average molecular weight is 274 g/mol. The number of hydrogen-bond acceptors (Lipinski definition) is 4. The highest BCUT2D eigenvalue weighted by Crippen LogP contribution is 2.18. The van der Waals surface area contributed by atoms with Crippen LogP contribution in [0.25, 0.3) is 0 Å². The quantitative estimate of drug-likeness (QED) is 0.902. The molecular formula is C14H14N2O4. The SMILES string of the molecule is Cc1ccc(N(CCC(=O)O)C(=O)c2ccon2)cc1. The van der Waals surface area contributed by atoms with Crippen molar-refractivity contribution in [1.29, 1.82) is 0 Å². The molecule has 0 bridgehead atoms. The zero-order chi connectivity index (χ0) is 14.5. The normalized spacial score (nSPS) is 10.2. The fraction of sp³-hybridized carbons (Fsp3) is 0.214. The zero-order valence-corrected chi connectivity index (χ0v) is 10.9. The van der Waals surface area contributed by atoms with Gasteiger partial charge in [-0.05, 0) is 19.1 Å². The average Bonchev–Trinajstić information content (AvgIpc) is 2.94. The van der Waals surface area contributed by atoms with E-state index in [-0.39, 0.29) is 24.6 Å². The van der Waals surface area contributed by atoms with Crippen molar-refractivity contribution in [1.82, 2.24) is 5.16 Å². The predicted octanol–water partition coefficient (Wildman–Crippen LogP) is 2.10. The summed E-state index contributed by atoms with van der Waals surface area (Å²) in [5.41, 5.74) is 1.83. The van der Waals surface area contributed by atoms with E-state index in [1.165, 1.54) is 17.2 Å². The summed E-state index contributed by atoms with van der Waals surface area (Å²) in [6.45, 7) is 2.01. The van der Waals surface area contributed by atoms with Crippen LogP contribution in [0.3, 0.4) is 0 Å². The minimum Gasteiger partial charge on any atom is -0.481 e. The van der Waals surface area contributed by atoms with Gasteiger partial charge in [-0.15, -0.1) is 0 Å². The van der Waals surface area contributed by atoms with Crippen molar-refractivity contribution in [3.63, 3.8) is 0 Å². The van der Waals surface area contributed by atoms with Crippen LogP contribution in [0.2, 0.25) is 0 Å². The highest BCUT2D eigenvalue weighted by molar-refractivity contribution is 6.04.